The molecule has 0 aliphatic carbocycles. The predicted octanol–water partition coefficient (Wildman–Crippen LogP) is 2.36. The average molecular weight is 464 g/mol. The molecule has 1 fully saturated rings. The molecule has 0 radical (unpaired) electrons. The number of rotatable bonds is 9. The highest BCUT2D eigenvalue weighted by Crippen LogP contribution is 2.21. The van der Waals surface area contributed by atoms with E-state index < -0.39 is 0 Å². The van der Waals surface area contributed by atoms with Crippen molar-refractivity contribution in [1.82, 2.24) is 25.1 Å². The van der Waals surface area contributed by atoms with Crippen molar-refractivity contribution in [3.63, 3.8) is 0 Å². The van der Waals surface area contributed by atoms with Crippen molar-refractivity contribution >= 4 is 16.9 Å². The molecule has 9 nitrogen and oxygen atoms in total. The second-order valence-electron chi connectivity index (χ2n) is 8.57. The largest absolute Gasteiger partial charge is 0.472 e. The van der Waals surface area contributed by atoms with E-state index in [0.717, 1.165) is 55.2 Å². The lowest BCUT2D eigenvalue weighted by Crippen LogP contribution is -2.51. The molecule has 1 unspecified atom stereocenters. The molecule has 34 heavy (non-hydrogen) atoms. The van der Waals surface area contributed by atoms with Crippen LogP contribution in [0.3, 0.4) is 0 Å². The number of hydrogen-bond acceptors (Lipinski definition) is 7. The number of fused-ring (bicyclic) bond motifs is 1. The first-order valence-corrected chi connectivity index (χ1v) is 11.6. The number of piperazine rings is 1. The normalized spacial score (nSPS) is 16.8. The van der Waals surface area contributed by atoms with Crippen LogP contribution in [0.15, 0.2) is 63.8 Å². The molecule has 1 aliphatic heterocycles. The number of furan rings is 2. The summed E-state index contributed by atoms with van der Waals surface area (Å²) in [6.45, 7) is 4.46. The van der Waals surface area contributed by atoms with Crippen LogP contribution in [-0.2, 0) is 19.7 Å². The summed E-state index contributed by atoms with van der Waals surface area (Å²) in [4.78, 5) is 19.4. The van der Waals surface area contributed by atoms with Crippen LogP contribution in [0, 0.1) is 0 Å². The van der Waals surface area contributed by atoms with Crippen molar-refractivity contribution in [2.24, 2.45) is 0 Å². The molecule has 9 heteroatoms. The first kappa shape index (κ1) is 22.4. The Kier molecular flexibility index (Phi) is 6.75. The number of hydrogen-bond donors (Lipinski definition) is 3. The summed E-state index contributed by atoms with van der Waals surface area (Å²) in [7, 11) is 0. The van der Waals surface area contributed by atoms with E-state index in [2.05, 4.69) is 26.2 Å². The fourth-order valence-corrected chi connectivity index (χ4v) is 4.46. The van der Waals surface area contributed by atoms with E-state index in [0.29, 0.717) is 24.4 Å². The zero-order chi connectivity index (χ0) is 23.3. The molecular weight excluding hydrogens is 434 g/mol. The van der Waals surface area contributed by atoms with Gasteiger partial charge in [-0.2, -0.15) is 0 Å². The summed E-state index contributed by atoms with van der Waals surface area (Å²) < 4.78 is 12.9. The summed E-state index contributed by atoms with van der Waals surface area (Å²) in [6, 6.07) is 13.8. The Bertz CT molecular complexity index is 1230. The summed E-state index contributed by atoms with van der Waals surface area (Å²) >= 11 is 0. The molecule has 0 spiro atoms. The van der Waals surface area contributed by atoms with Gasteiger partial charge in [-0.3, -0.25) is 9.69 Å². The maximum Gasteiger partial charge on any atom is 0.254 e. The van der Waals surface area contributed by atoms with Crippen LogP contribution in [0.5, 0.6) is 0 Å². The minimum absolute atomic E-state index is 0.109. The van der Waals surface area contributed by atoms with Crippen LogP contribution in [0.4, 0.5) is 0 Å². The highest BCUT2D eigenvalue weighted by molar-refractivity contribution is 5.93. The monoisotopic (exact) mass is 463 g/mol. The minimum atomic E-state index is -0.114. The van der Waals surface area contributed by atoms with Gasteiger partial charge in [-0.05, 0) is 36.8 Å². The lowest BCUT2D eigenvalue weighted by atomic mass is 10.1. The van der Waals surface area contributed by atoms with Crippen LogP contribution in [0.1, 0.15) is 34.1 Å². The Hall–Kier alpha value is -3.40. The SMILES string of the molecule is O=C(NCCC1CN(Cc2nc3ccccc3n2Cc2ccc(CO)o2)CCN1)c1ccoc1. The molecule has 4 aromatic rings. The van der Waals surface area contributed by atoms with E-state index in [4.69, 9.17) is 13.8 Å². The van der Waals surface area contributed by atoms with Gasteiger partial charge in [-0.25, -0.2) is 4.98 Å². The molecule has 1 aliphatic rings. The summed E-state index contributed by atoms with van der Waals surface area (Å²) in [5, 5.41) is 15.8. The number of imidazole rings is 1. The quantitative estimate of drug-likeness (QED) is 0.350. The number of aliphatic hydroxyl groups is 1. The molecule has 1 atom stereocenters. The third kappa shape index (κ3) is 5.06. The van der Waals surface area contributed by atoms with Gasteiger partial charge in [0.1, 0.15) is 30.2 Å². The predicted molar refractivity (Wildman–Crippen MR) is 126 cm³/mol. The van der Waals surface area contributed by atoms with E-state index in [1.54, 1.807) is 12.1 Å². The zero-order valence-electron chi connectivity index (χ0n) is 18.9. The third-order valence-electron chi connectivity index (χ3n) is 6.19. The van der Waals surface area contributed by atoms with Gasteiger partial charge in [0.05, 0.1) is 35.9 Å². The molecule has 178 valence electrons. The first-order chi connectivity index (χ1) is 16.7. The summed E-state index contributed by atoms with van der Waals surface area (Å²) in [5.74, 6) is 2.22. The Morgan fingerprint density at radius 3 is 2.88 bits per heavy atom. The van der Waals surface area contributed by atoms with Gasteiger partial charge >= 0.3 is 0 Å². The second kappa shape index (κ2) is 10.3. The molecule has 5 rings (SSSR count). The standard InChI is InChI=1S/C25H29N5O4/c31-16-21-6-5-20(34-21)14-30-23-4-2-1-3-22(23)28-24(30)15-29-11-10-26-19(13-29)7-9-27-25(32)18-8-12-33-17-18/h1-6,8,12,17,19,26,31H,7,9-11,13-16H2,(H,27,32). The summed E-state index contributed by atoms with van der Waals surface area (Å²) in [6.07, 6.45) is 3.79. The van der Waals surface area contributed by atoms with Gasteiger partial charge in [-0.15, -0.1) is 0 Å². The number of amides is 1. The highest BCUT2D eigenvalue weighted by Gasteiger charge is 2.22. The Morgan fingerprint density at radius 1 is 1.18 bits per heavy atom. The fourth-order valence-electron chi connectivity index (χ4n) is 4.46. The minimum Gasteiger partial charge on any atom is -0.472 e. The topological polar surface area (TPSA) is 109 Å². The van der Waals surface area contributed by atoms with Gasteiger partial charge in [0.2, 0.25) is 0 Å². The van der Waals surface area contributed by atoms with E-state index in [-0.39, 0.29) is 18.6 Å². The number of benzene rings is 1. The number of nitrogens with zero attached hydrogens (tertiary/aromatic N) is 3. The van der Waals surface area contributed by atoms with Crippen LogP contribution in [0.2, 0.25) is 0 Å². The van der Waals surface area contributed by atoms with Gasteiger partial charge in [0.15, 0.2) is 0 Å². The summed E-state index contributed by atoms with van der Waals surface area (Å²) in [5.41, 5.74) is 2.56. The second-order valence-corrected chi connectivity index (χ2v) is 8.57. The average Bonchev–Trinajstić information content (AvgIpc) is 3.61. The lowest BCUT2D eigenvalue weighted by Gasteiger charge is -2.33. The van der Waals surface area contributed by atoms with Crippen LogP contribution < -0.4 is 10.6 Å². The van der Waals surface area contributed by atoms with Crippen molar-refractivity contribution in [2.45, 2.75) is 32.2 Å². The van der Waals surface area contributed by atoms with Crippen molar-refractivity contribution in [1.29, 1.82) is 0 Å². The highest BCUT2D eigenvalue weighted by atomic mass is 16.4. The molecule has 0 saturated carbocycles. The van der Waals surface area contributed by atoms with Crippen LogP contribution >= 0.6 is 0 Å². The number of nitrogens with one attached hydrogen (secondary N) is 2. The van der Waals surface area contributed by atoms with Crippen molar-refractivity contribution < 1.29 is 18.7 Å². The van der Waals surface area contributed by atoms with Crippen LogP contribution in [-0.4, -0.2) is 57.7 Å². The number of aliphatic hydroxyl groups excluding tert-OH is 1. The van der Waals surface area contributed by atoms with Gasteiger partial charge in [0.25, 0.3) is 5.91 Å². The molecule has 1 saturated heterocycles. The van der Waals surface area contributed by atoms with Gasteiger partial charge in [-0.1, -0.05) is 12.1 Å². The van der Waals surface area contributed by atoms with Gasteiger partial charge in [0, 0.05) is 32.2 Å². The number of para-hydroxylation sites is 2. The Balaban J connectivity index is 1.24. The molecule has 3 aromatic heterocycles. The van der Waals surface area contributed by atoms with E-state index in [1.165, 1.54) is 12.5 Å². The molecule has 0 bridgehead atoms. The lowest BCUT2D eigenvalue weighted by molar-refractivity contribution is 0.0949. The van der Waals surface area contributed by atoms with E-state index in [9.17, 15) is 9.90 Å². The Morgan fingerprint density at radius 2 is 2.06 bits per heavy atom. The van der Waals surface area contributed by atoms with E-state index >= 15 is 0 Å². The zero-order valence-corrected chi connectivity index (χ0v) is 18.9. The van der Waals surface area contributed by atoms with E-state index in [1.807, 2.05) is 24.3 Å². The smallest absolute Gasteiger partial charge is 0.254 e. The number of carbonyl (C=O) groups is 1. The maximum atomic E-state index is 12.1. The molecule has 3 N–H and O–H groups in total. The maximum absolute atomic E-state index is 12.1. The molecular formula is C25H29N5O4. The molecule has 1 amide bonds. The van der Waals surface area contributed by atoms with Crippen molar-refractivity contribution in [2.75, 3.05) is 26.2 Å². The fraction of sp³-hybridized carbons (Fsp3) is 0.360. The van der Waals surface area contributed by atoms with Crippen molar-refractivity contribution in [3.8, 4) is 0 Å². The number of aromatic nitrogens is 2. The molecule has 4 heterocycles. The van der Waals surface area contributed by atoms with Gasteiger partial charge < -0.3 is 29.1 Å². The third-order valence-corrected chi connectivity index (χ3v) is 6.19. The van der Waals surface area contributed by atoms with Crippen LogP contribution in [0.25, 0.3) is 11.0 Å². The molecule has 1 aromatic carbocycles. The number of carbonyl (C=O) groups excluding carboxylic acids is 1. The Labute approximate surface area is 197 Å². The first-order valence-electron chi connectivity index (χ1n) is 11.6. The van der Waals surface area contributed by atoms with Crippen molar-refractivity contribution in [3.05, 3.63) is 77.9 Å².